The van der Waals surface area contributed by atoms with Gasteiger partial charge < -0.3 is 15.4 Å². The van der Waals surface area contributed by atoms with Crippen LogP contribution in [-0.4, -0.2) is 33.4 Å². The number of hydrogen-bond acceptors (Lipinski definition) is 5. The number of rotatable bonds is 6. The second kappa shape index (κ2) is 7.21. The van der Waals surface area contributed by atoms with Crippen LogP contribution >= 0.6 is 0 Å². The quantitative estimate of drug-likeness (QED) is 0.837. The second-order valence-corrected chi connectivity index (χ2v) is 4.42. The number of nitrogens with one attached hydrogen (secondary N) is 2. The van der Waals surface area contributed by atoms with Crippen molar-refractivity contribution in [3.8, 4) is 5.75 Å². The Hall–Kier alpha value is -2.90. The van der Waals surface area contributed by atoms with Crippen molar-refractivity contribution in [3.05, 3.63) is 30.5 Å². The van der Waals surface area contributed by atoms with Gasteiger partial charge in [0.25, 0.3) is 0 Å². The SMILES string of the molecule is CCOc1ccccc1NC(=O)Cn1ncc(NC(C)=O)n1. The van der Waals surface area contributed by atoms with Crippen molar-refractivity contribution in [2.75, 3.05) is 17.2 Å². The van der Waals surface area contributed by atoms with Crippen LogP contribution in [0.5, 0.6) is 5.75 Å². The molecule has 2 rings (SSSR count). The number of carbonyl (C=O) groups excluding carboxylic acids is 2. The van der Waals surface area contributed by atoms with Gasteiger partial charge in [-0.25, -0.2) is 0 Å². The monoisotopic (exact) mass is 303 g/mol. The summed E-state index contributed by atoms with van der Waals surface area (Å²) in [5, 5.41) is 13.1. The number of ether oxygens (including phenoxy) is 1. The molecule has 0 saturated heterocycles. The van der Waals surface area contributed by atoms with Gasteiger partial charge in [-0.05, 0) is 19.1 Å². The third-order valence-electron chi connectivity index (χ3n) is 2.59. The average Bonchev–Trinajstić information content (AvgIpc) is 2.87. The Morgan fingerprint density at radius 2 is 2.05 bits per heavy atom. The first-order chi connectivity index (χ1) is 10.6. The molecule has 22 heavy (non-hydrogen) atoms. The van der Waals surface area contributed by atoms with E-state index in [0.717, 1.165) is 0 Å². The van der Waals surface area contributed by atoms with Gasteiger partial charge in [-0.2, -0.15) is 9.90 Å². The summed E-state index contributed by atoms with van der Waals surface area (Å²) in [6, 6.07) is 7.16. The molecule has 0 aliphatic carbocycles. The van der Waals surface area contributed by atoms with Crippen molar-refractivity contribution in [1.82, 2.24) is 15.0 Å². The summed E-state index contributed by atoms with van der Waals surface area (Å²) in [4.78, 5) is 24.1. The molecule has 1 heterocycles. The van der Waals surface area contributed by atoms with Crippen LogP contribution in [0.2, 0.25) is 0 Å². The standard InChI is InChI=1S/C14H17N5O3/c1-3-22-12-7-5-4-6-11(12)17-14(21)9-19-15-8-13(18-19)16-10(2)20/h4-8H,3,9H2,1-2H3,(H,17,21)(H,16,18,20). The molecule has 8 heteroatoms. The third-order valence-corrected chi connectivity index (χ3v) is 2.59. The molecule has 0 atom stereocenters. The van der Waals surface area contributed by atoms with E-state index in [1.807, 2.05) is 13.0 Å². The van der Waals surface area contributed by atoms with Crippen molar-refractivity contribution < 1.29 is 14.3 Å². The third kappa shape index (κ3) is 4.30. The van der Waals surface area contributed by atoms with E-state index in [9.17, 15) is 9.59 Å². The van der Waals surface area contributed by atoms with Crippen LogP contribution in [0.3, 0.4) is 0 Å². The lowest BCUT2D eigenvalue weighted by Gasteiger charge is -2.10. The van der Waals surface area contributed by atoms with Crippen LogP contribution in [0.15, 0.2) is 30.5 Å². The fourth-order valence-corrected chi connectivity index (χ4v) is 1.78. The minimum atomic E-state index is -0.294. The Balaban J connectivity index is 1.98. The number of anilines is 2. The highest BCUT2D eigenvalue weighted by Gasteiger charge is 2.10. The zero-order valence-corrected chi connectivity index (χ0v) is 12.4. The second-order valence-electron chi connectivity index (χ2n) is 4.42. The molecule has 0 saturated carbocycles. The van der Waals surface area contributed by atoms with Crippen molar-refractivity contribution in [2.24, 2.45) is 0 Å². The highest BCUT2D eigenvalue weighted by atomic mass is 16.5. The first-order valence-corrected chi connectivity index (χ1v) is 6.78. The van der Waals surface area contributed by atoms with Gasteiger partial charge in [0, 0.05) is 6.92 Å². The van der Waals surface area contributed by atoms with Gasteiger partial charge in [0.1, 0.15) is 12.3 Å². The van der Waals surface area contributed by atoms with Crippen molar-refractivity contribution in [3.63, 3.8) is 0 Å². The molecule has 1 aromatic heterocycles. The molecular weight excluding hydrogens is 286 g/mol. The van der Waals surface area contributed by atoms with Crippen molar-refractivity contribution in [2.45, 2.75) is 20.4 Å². The maximum absolute atomic E-state index is 12.0. The van der Waals surface area contributed by atoms with Crippen LogP contribution in [0, 0.1) is 0 Å². The molecule has 0 aliphatic heterocycles. The normalized spacial score (nSPS) is 10.1. The van der Waals surface area contributed by atoms with Gasteiger partial charge in [-0.3, -0.25) is 9.59 Å². The van der Waals surface area contributed by atoms with Gasteiger partial charge in [0.2, 0.25) is 11.8 Å². The van der Waals surface area contributed by atoms with Gasteiger partial charge in [0.15, 0.2) is 5.82 Å². The Labute approximate surface area is 127 Å². The number of aromatic nitrogens is 3. The summed E-state index contributed by atoms with van der Waals surface area (Å²) in [5.74, 6) is 0.361. The van der Waals surface area contributed by atoms with Crippen LogP contribution < -0.4 is 15.4 Å². The predicted octanol–water partition coefficient (Wildman–Crippen LogP) is 1.27. The Bertz CT molecular complexity index is 668. The summed E-state index contributed by atoms with van der Waals surface area (Å²) >= 11 is 0. The van der Waals surface area contributed by atoms with Crippen LogP contribution in [0.25, 0.3) is 0 Å². The van der Waals surface area contributed by atoms with Gasteiger partial charge >= 0.3 is 0 Å². The first-order valence-electron chi connectivity index (χ1n) is 6.78. The molecule has 116 valence electrons. The Kier molecular flexibility index (Phi) is 5.07. The molecule has 0 radical (unpaired) electrons. The topological polar surface area (TPSA) is 98.1 Å². The number of para-hydroxylation sites is 2. The van der Waals surface area contributed by atoms with E-state index in [-0.39, 0.29) is 18.4 Å². The van der Waals surface area contributed by atoms with Gasteiger partial charge in [0.05, 0.1) is 18.5 Å². The number of hydrogen-bond donors (Lipinski definition) is 2. The number of nitrogens with zero attached hydrogens (tertiary/aromatic N) is 3. The number of carbonyl (C=O) groups is 2. The van der Waals surface area contributed by atoms with Crippen LogP contribution in [0.4, 0.5) is 11.5 Å². The van der Waals surface area contributed by atoms with Crippen molar-refractivity contribution in [1.29, 1.82) is 0 Å². The van der Waals surface area contributed by atoms with Gasteiger partial charge in [-0.15, -0.1) is 5.10 Å². The number of amides is 2. The summed E-state index contributed by atoms with van der Waals surface area (Å²) in [5.41, 5.74) is 0.587. The maximum Gasteiger partial charge on any atom is 0.248 e. The molecule has 2 amide bonds. The molecule has 0 spiro atoms. The van der Waals surface area contributed by atoms with E-state index >= 15 is 0 Å². The highest BCUT2D eigenvalue weighted by Crippen LogP contribution is 2.23. The zero-order valence-electron chi connectivity index (χ0n) is 12.4. The molecule has 0 bridgehead atoms. The average molecular weight is 303 g/mol. The fourth-order valence-electron chi connectivity index (χ4n) is 1.78. The van der Waals surface area contributed by atoms with E-state index in [0.29, 0.717) is 23.9 Å². The highest BCUT2D eigenvalue weighted by molar-refractivity contribution is 5.92. The Morgan fingerprint density at radius 1 is 1.27 bits per heavy atom. The lowest BCUT2D eigenvalue weighted by Crippen LogP contribution is -2.21. The lowest BCUT2D eigenvalue weighted by molar-refractivity contribution is -0.117. The maximum atomic E-state index is 12.0. The minimum Gasteiger partial charge on any atom is -0.492 e. The van der Waals surface area contributed by atoms with E-state index < -0.39 is 0 Å². The number of benzene rings is 1. The lowest BCUT2D eigenvalue weighted by atomic mass is 10.3. The van der Waals surface area contributed by atoms with E-state index in [4.69, 9.17) is 4.74 Å². The summed E-state index contributed by atoms with van der Waals surface area (Å²) < 4.78 is 5.44. The fraction of sp³-hybridized carbons (Fsp3) is 0.286. The zero-order chi connectivity index (χ0) is 15.9. The molecular formula is C14H17N5O3. The van der Waals surface area contributed by atoms with Crippen LogP contribution in [-0.2, 0) is 16.1 Å². The molecule has 0 fully saturated rings. The molecule has 8 nitrogen and oxygen atoms in total. The van der Waals surface area contributed by atoms with E-state index in [1.54, 1.807) is 18.2 Å². The largest absolute Gasteiger partial charge is 0.492 e. The summed E-state index contributed by atoms with van der Waals surface area (Å²) in [7, 11) is 0. The van der Waals surface area contributed by atoms with Crippen molar-refractivity contribution >= 4 is 23.3 Å². The first kappa shape index (κ1) is 15.5. The summed E-state index contributed by atoms with van der Waals surface area (Å²) in [6.45, 7) is 3.68. The molecule has 0 aliphatic rings. The van der Waals surface area contributed by atoms with E-state index in [1.165, 1.54) is 17.9 Å². The molecule has 2 N–H and O–H groups in total. The minimum absolute atomic E-state index is 0.0694. The summed E-state index contributed by atoms with van der Waals surface area (Å²) in [6.07, 6.45) is 1.38. The van der Waals surface area contributed by atoms with Crippen LogP contribution in [0.1, 0.15) is 13.8 Å². The molecule has 0 unspecified atom stereocenters. The smallest absolute Gasteiger partial charge is 0.248 e. The molecule has 2 aromatic rings. The predicted molar refractivity (Wildman–Crippen MR) is 80.6 cm³/mol. The van der Waals surface area contributed by atoms with Gasteiger partial charge in [-0.1, -0.05) is 12.1 Å². The van der Waals surface area contributed by atoms with E-state index in [2.05, 4.69) is 20.8 Å². The molecule has 1 aromatic carbocycles. The Morgan fingerprint density at radius 3 is 2.77 bits per heavy atom.